The quantitative estimate of drug-likeness (QED) is 0.128. The fraction of sp³-hybridized carbons (Fsp3) is 0. The van der Waals surface area contributed by atoms with Gasteiger partial charge in [-0.25, -0.2) is 17.6 Å². The van der Waals surface area contributed by atoms with Gasteiger partial charge in [0.05, 0.1) is 68.8 Å². The van der Waals surface area contributed by atoms with Crippen LogP contribution in [0.25, 0.3) is 55.7 Å². The van der Waals surface area contributed by atoms with E-state index in [1.807, 2.05) is 48.6 Å². The van der Waals surface area contributed by atoms with Crippen LogP contribution in [0.1, 0.15) is 55.6 Å². The van der Waals surface area contributed by atoms with Crippen LogP contribution in [0.5, 0.6) is 0 Å². The second-order valence-corrected chi connectivity index (χ2v) is 12.6. The lowest BCUT2D eigenvalue weighted by Gasteiger charge is -2.23. The first-order valence-corrected chi connectivity index (χ1v) is 16.7. The van der Waals surface area contributed by atoms with Crippen molar-refractivity contribution in [1.82, 2.24) is 0 Å². The van der Waals surface area contributed by atoms with Crippen molar-refractivity contribution in [2.75, 3.05) is 0 Å². The van der Waals surface area contributed by atoms with Crippen LogP contribution < -0.4 is 0 Å². The lowest BCUT2D eigenvalue weighted by Crippen LogP contribution is -2.05. The molecule has 0 fully saturated rings. The van der Waals surface area contributed by atoms with E-state index in [-0.39, 0.29) is 77.9 Å². The van der Waals surface area contributed by atoms with Crippen LogP contribution in [0.4, 0.5) is 17.6 Å². The molecule has 12 heteroatoms. The van der Waals surface area contributed by atoms with Crippen LogP contribution in [0.3, 0.4) is 0 Å². The van der Waals surface area contributed by atoms with Crippen LogP contribution in [0, 0.1) is 102 Å². The van der Waals surface area contributed by atoms with Crippen molar-refractivity contribution in [2.24, 2.45) is 0 Å². The van der Waals surface area contributed by atoms with Crippen LogP contribution >= 0.6 is 0 Å². The summed E-state index contributed by atoms with van der Waals surface area (Å²) in [6.07, 6.45) is 0. The molecule has 0 N–H and O–H groups in total. The Bertz CT molecular complexity index is 2990. The van der Waals surface area contributed by atoms with Crippen molar-refractivity contribution in [2.45, 2.75) is 0 Å². The molecule has 7 rings (SSSR count). The zero-order valence-corrected chi connectivity index (χ0v) is 29.2. The molecule has 266 valence electrons. The lowest BCUT2D eigenvalue weighted by atomic mass is 9.77. The number of benzene rings is 5. The summed E-state index contributed by atoms with van der Waals surface area (Å²) in [5.74, 6) is -3.96. The fourth-order valence-corrected chi connectivity index (χ4v) is 7.26. The summed E-state index contributed by atoms with van der Waals surface area (Å²) in [4.78, 5) is 0. The molecule has 0 saturated carbocycles. The predicted octanol–water partition coefficient (Wildman–Crippen LogP) is 10.1. The number of rotatable bonds is 4. The molecule has 0 unspecified atom stereocenters. The molecule has 0 saturated heterocycles. The summed E-state index contributed by atoms with van der Waals surface area (Å²) in [5, 5.41) is 81.9. The molecular weight excluding hydrogens is 741 g/mol. The summed E-state index contributed by atoms with van der Waals surface area (Å²) in [5.41, 5.74) is -5.24. The van der Waals surface area contributed by atoms with Crippen molar-refractivity contribution in [3.63, 3.8) is 0 Å². The Balaban J connectivity index is 1.83. The first-order valence-electron chi connectivity index (χ1n) is 16.7. The third-order valence-corrected chi connectivity index (χ3v) is 9.55. The third-order valence-electron chi connectivity index (χ3n) is 9.55. The van der Waals surface area contributed by atoms with E-state index in [4.69, 9.17) is 0 Å². The van der Waals surface area contributed by atoms with Crippen molar-refractivity contribution in [1.29, 1.82) is 42.1 Å². The van der Waals surface area contributed by atoms with Crippen LogP contribution in [-0.4, -0.2) is 0 Å². The number of allylic oxidation sites excluding steroid dienone is 8. The Morgan fingerprint density at radius 2 is 0.672 bits per heavy atom. The number of fused-ring (bicyclic) bond motifs is 2. The molecule has 0 aromatic heterocycles. The molecule has 0 atom stereocenters. The van der Waals surface area contributed by atoms with E-state index in [0.29, 0.717) is 0 Å². The Morgan fingerprint density at radius 3 is 0.948 bits per heavy atom. The Kier molecular flexibility index (Phi) is 9.26. The minimum Gasteiger partial charge on any atom is -0.207 e. The number of nitriles is 8. The van der Waals surface area contributed by atoms with Crippen LogP contribution in [-0.2, 0) is 0 Å². The highest BCUT2D eigenvalue weighted by atomic mass is 19.1. The Hall–Kier alpha value is -9.30. The van der Waals surface area contributed by atoms with E-state index >= 15 is 8.78 Å². The van der Waals surface area contributed by atoms with Crippen molar-refractivity contribution in [3.05, 3.63) is 164 Å². The van der Waals surface area contributed by atoms with Crippen molar-refractivity contribution in [3.8, 4) is 70.8 Å². The van der Waals surface area contributed by atoms with Gasteiger partial charge in [-0.3, -0.25) is 0 Å². The maximum absolute atomic E-state index is 17.4. The molecule has 2 aliphatic rings. The average molecular weight is 755 g/mol. The highest BCUT2D eigenvalue weighted by molar-refractivity contribution is 6.25. The number of nitrogens with zero attached hydrogens (tertiary/aromatic N) is 8. The molecule has 0 aliphatic heterocycles. The normalized spacial score (nSPS) is 14.0. The summed E-state index contributed by atoms with van der Waals surface area (Å²) < 4.78 is 63.8. The van der Waals surface area contributed by atoms with Gasteiger partial charge in [-0.05, 0) is 88.5 Å². The van der Waals surface area contributed by atoms with E-state index in [2.05, 4.69) is 0 Å². The third kappa shape index (κ3) is 5.71. The molecule has 0 spiro atoms. The lowest BCUT2D eigenvalue weighted by molar-refractivity contribution is 0.627. The molecular formula is C46H14F4N8. The summed E-state index contributed by atoms with van der Waals surface area (Å²) in [6.45, 7) is 0. The van der Waals surface area contributed by atoms with Crippen LogP contribution in [0.2, 0.25) is 0 Å². The van der Waals surface area contributed by atoms with Gasteiger partial charge < -0.3 is 0 Å². The molecule has 0 bridgehead atoms. The van der Waals surface area contributed by atoms with Gasteiger partial charge >= 0.3 is 0 Å². The smallest absolute Gasteiger partial charge is 0.150 e. The highest BCUT2D eigenvalue weighted by Crippen LogP contribution is 2.61. The van der Waals surface area contributed by atoms with E-state index in [1.54, 1.807) is 0 Å². The van der Waals surface area contributed by atoms with E-state index < -0.39 is 56.7 Å². The zero-order chi connectivity index (χ0) is 41.4. The zero-order valence-electron chi connectivity index (χ0n) is 29.2. The molecule has 2 aliphatic carbocycles. The van der Waals surface area contributed by atoms with Gasteiger partial charge in [-0.2, -0.15) is 42.1 Å². The minimum atomic E-state index is -1.26. The van der Waals surface area contributed by atoms with E-state index in [0.717, 1.165) is 24.3 Å². The maximum Gasteiger partial charge on any atom is 0.150 e. The second kappa shape index (κ2) is 14.5. The van der Waals surface area contributed by atoms with Gasteiger partial charge in [0.15, 0.2) is 11.7 Å². The molecule has 58 heavy (non-hydrogen) atoms. The molecule has 0 heterocycles. The van der Waals surface area contributed by atoms with Gasteiger partial charge in [0, 0.05) is 39.0 Å². The van der Waals surface area contributed by atoms with Gasteiger partial charge in [0.2, 0.25) is 0 Å². The second-order valence-electron chi connectivity index (χ2n) is 12.6. The summed E-state index contributed by atoms with van der Waals surface area (Å²) in [7, 11) is 0. The van der Waals surface area contributed by atoms with Crippen molar-refractivity contribution < 1.29 is 17.6 Å². The molecule has 5 aromatic carbocycles. The maximum atomic E-state index is 17.4. The summed E-state index contributed by atoms with van der Waals surface area (Å²) in [6, 6.07) is 31.5. The topological polar surface area (TPSA) is 190 Å². The largest absolute Gasteiger partial charge is 0.207 e. The van der Waals surface area contributed by atoms with Crippen LogP contribution in [0.15, 0.2) is 96.6 Å². The summed E-state index contributed by atoms with van der Waals surface area (Å²) >= 11 is 0. The molecule has 5 aromatic rings. The Labute approximate surface area is 327 Å². The van der Waals surface area contributed by atoms with Crippen molar-refractivity contribution >= 4 is 33.4 Å². The average Bonchev–Trinajstić information content (AvgIpc) is 3.69. The van der Waals surface area contributed by atoms with Gasteiger partial charge in [0.25, 0.3) is 0 Å². The first kappa shape index (κ1) is 37.0. The van der Waals surface area contributed by atoms with E-state index in [1.165, 1.54) is 60.7 Å². The van der Waals surface area contributed by atoms with Gasteiger partial charge in [0.1, 0.15) is 35.9 Å². The predicted molar refractivity (Wildman–Crippen MR) is 201 cm³/mol. The first-order chi connectivity index (χ1) is 28.1. The minimum absolute atomic E-state index is 0.0371. The molecule has 0 radical (unpaired) electrons. The van der Waals surface area contributed by atoms with E-state index in [9.17, 15) is 50.9 Å². The molecule has 8 nitrogen and oxygen atoms in total. The fourth-order valence-electron chi connectivity index (χ4n) is 7.26. The van der Waals surface area contributed by atoms with Gasteiger partial charge in [-0.15, -0.1) is 0 Å². The number of halogens is 4. The SMILES string of the molecule is N#CC1=C(F)/C(=C(/C#N)c2cc(C#N)cc(C#N)c2)c2c1c(-c1ccc(F)cc1)c1c(c2-c2ccc(F)cc2)/C(=C(\C#N)c2cc(C#N)cc(C#N)c2)C(F)=C1C#N. The highest BCUT2D eigenvalue weighted by Gasteiger charge is 2.44. The Morgan fingerprint density at radius 1 is 0.362 bits per heavy atom. The monoisotopic (exact) mass is 754 g/mol. The standard InChI is InChI=1S/C46H14F4N8/c47-31-5-1-27(2-6-31)37-39-35(21-57)45(49)41(33(19-55)29-11-23(15-51)9-24(12-29)16-52)43(39)38(28-3-7-32(48)8-4-28)44-40(37)36(22-58)46(50)42(44)34(20-56)30-13-25(17-53)10-26(14-30)18-54/h1-14H/b41-33-,42-34-. The molecule has 0 amide bonds. The number of hydrogen-bond acceptors (Lipinski definition) is 8. The van der Waals surface area contributed by atoms with Gasteiger partial charge in [-0.1, -0.05) is 24.3 Å². The number of hydrogen-bond donors (Lipinski definition) is 0.